The molecule has 0 saturated heterocycles. The minimum Gasteiger partial charge on any atom is -0.309 e. The third kappa shape index (κ3) is 10.6. The molecule has 0 amide bonds. The fraction of sp³-hybridized carbons (Fsp3) is 0. The first-order valence-corrected chi connectivity index (χ1v) is 40.2. The molecule has 0 fully saturated rings. The molecule has 0 aliphatic heterocycles. The zero-order valence-electron chi connectivity index (χ0n) is 63.8. The van der Waals surface area contributed by atoms with Gasteiger partial charge < -0.3 is 18.3 Å². The molecule has 0 bridgehead atoms. The maximum atomic E-state index is 10.5. The molecule has 1 aliphatic rings. The van der Waals surface area contributed by atoms with E-state index < -0.39 is 0 Å². The number of nitrogens with zero attached hydrogens (tertiary/aromatic N) is 7. The van der Waals surface area contributed by atoms with Crippen LogP contribution < -0.4 is 0 Å². The van der Waals surface area contributed by atoms with Gasteiger partial charge in [0.05, 0.1) is 67.2 Å². The van der Waals surface area contributed by atoms with E-state index in [0.29, 0.717) is 11.4 Å². The normalized spacial score (nSPS) is 11.9. The molecule has 7 heteroatoms. The van der Waals surface area contributed by atoms with Crippen molar-refractivity contribution in [1.82, 2.24) is 28.2 Å². The van der Waals surface area contributed by atoms with E-state index in [9.17, 15) is 5.26 Å². The molecule has 5 aromatic heterocycles. The Morgan fingerprint density at radius 1 is 0.203 bits per heavy atom. The number of para-hydroxylation sites is 2. The first-order valence-electron chi connectivity index (χ1n) is 40.2. The van der Waals surface area contributed by atoms with Gasteiger partial charge in [-0.25, -0.2) is 9.97 Å². The van der Waals surface area contributed by atoms with E-state index in [1.54, 1.807) is 0 Å². The first kappa shape index (κ1) is 66.6. The lowest BCUT2D eigenvalue weighted by Crippen LogP contribution is -2.02. The molecule has 0 saturated carbocycles. The number of benzene rings is 18. The predicted octanol–water partition coefficient (Wildman–Crippen LogP) is 28.9. The summed E-state index contributed by atoms with van der Waals surface area (Å²) in [6.07, 6.45) is 0. The largest absolute Gasteiger partial charge is 0.309 e. The van der Waals surface area contributed by atoms with Gasteiger partial charge in [-0.2, -0.15) is 5.26 Å². The summed E-state index contributed by atoms with van der Waals surface area (Å²) in [6.45, 7) is 0. The third-order valence-electron chi connectivity index (χ3n) is 24.5. The number of hydrogen-bond donors (Lipinski definition) is 0. The Bertz CT molecular complexity index is 7760. The summed E-state index contributed by atoms with van der Waals surface area (Å²) in [5, 5.41) is 22.0. The summed E-state index contributed by atoms with van der Waals surface area (Å²) in [6, 6.07) is 151. The third-order valence-corrected chi connectivity index (χ3v) is 24.5. The molecule has 24 rings (SSSR count). The number of aromatic nitrogens is 6. The highest BCUT2D eigenvalue weighted by atomic mass is 15.0. The van der Waals surface area contributed by atoms with Crippen LogP contribution in [0.2, 0.25) is 0 Å². The molecule has 1 aliphatic carbocycles. The van der Waals surface area contributed by atoms with Gasteiger partial charge in [0.25, 0.3) is 0 Å². The zero-order chi connectivity index (χ0) is 77.6. The van der Waals surface area contributed by atoms with E-state index in [-0.39, 0.29) is 0 Å². The molecule has 0 spiro atoms. The molecule has 23 aromatic rings. The molecule has 18 aromatic carbocycles. The van der Waals surface area contributed by atoms with E-state index in [1.807, 2.05) is 24.3 Å². The second kappa shape index (κ2) is 26.6. The summed E-state index contributed by atoms with van der Waals surface area (Å²) in [5.41, 5.74) is 33.7. The van der Waals surface area contributed by atoms with Crippen molar-refractivity contribution in [3.8, 4) is 141 Å². The first-order chi connectivity index (χ1) is 58.4. The maximum absolute atomic E-state index is 10.5. The van der Waals surface area contributed by atoms with Crippen molar-refractivity contribution in [1.29, 1.82) is 5.26 Å². The Kier molecular flexibility index (Phi) is 15.0. The highest BCUT2D eigenvalue weighted by molar-refractivity contribution is 6.19. The van der Waals surface area contributed by atoms with Gasteiger partial charge in [-0.1, -0.05) is 255 Å². The van der Waals surface area contributed by atoms with Gasteiger partial charge in [-0.05, 0) is 235 Å². The molecule has 0 unspecified atom stereocenters. The second-order valence-corrected chi connectivity index (χ2v) is 31.1. The summed E-state index contributed by atoms with van der Waals surface area (Å²) in [7, 11) is 0. The Morgan fingerprint density at radius 2 is 0.492 bits per heavy atom. The number of fused-ring (bicyclic) bond motifs is 15. The molecule has 0 N–H and O–H groups in total. The Hall–Kier alpha value is -16.0. The predicted molar refractivity (Wildman–Crippen MR) is 490 cm³/mol. The van der Waals surface area contributed by atoms with Crippen LogP contribution in [-0.2, 0) is 0 Å². The SMILES string of the molecule is N#Cc1cccc(-c2nc(-c3cc(-n4c5ccc(-c6ccccc6)cc5c5cc(-c6ccc7c(c6)c6cc(-c8ccccc8)ccc6n7-c6ccccc6)ccc54)cc(-n4c5ccc(-c6ccccc6)cc5c5cc(-c6ccc7c(c6)c6cc(-c8ccccc8)ccc6n7-c6ccccc6)ccc54)c3)c3c(n2)-c2cccc4cccc-3c24)c1. The average molecular weight is 1500 g/mol. The van der Waals surface area contributed by atoms with Crippen molar-refractivity contribution < 1.29 is 0 Å². The van der Waals surface area contributed by atoms with E-state index in [1.165, 1.54) is 43.8 Å². The molecular formula is C111H67N7. The number of hydrogen-bond acceptors (Lipinski definition) is 3. The Morgan fingerprint density at radius 3 is 0.831 bits per heavy atom. The fourth-order valence-electron chi connectivity index (χ4n) is 19.0. The second-order valence-electron chi connectivity index (χ2n) is 31.1. The summed E-state index contributed by atoms with van der Waals surface area (Å²) < 4.78 is 9.78. The Labute approximate surface area is 679 Å². The van der Waals surface area contributed by atoms with Gasteiger partial charge in [-0.15, -0.1) is 0 Å². The minimum absolute atomic E-state index is 0.537. The lowest BCUT2D eigenvalue weighted by Gasteiger charge is -2.18. The van der Waals surface area contributed by atoms with Gasteiger partial charge >= 0.3 is 0 Å². The standard InChI is InChI=1S/C111H67N7/c112-68-69-22-19-33-83(56-69)111-113-109(108-89-38-20-31-74-32-21-39-90(107(74)89)110(108)114-111)84-57-87(117-103-50-42-77(72-27-11-3-12-28-72)61-93(103)97-65-81(46-54-105(97)117)79-44-52-101-95(63-79)91-59-75(70-23-7-1-8-24-70)40-48-99(91)115(101)85-34-15-5-16-35-85)67-88(58-84)118-104-51-43-78(73-29-13-4-14-30-73)62-94(104)98-66-82(47-55-106(98)118)80-45-53-102-96(64-80)92-60-76(71-25-9-2-10-26-71)41-49-100(92)116(102)86-36-17-6-18-37-86/h1-67H. The van der Waals surface area contributed by atoms with Crippen molar-refractivity contribution in [2.75, 3.05) is 0 Å². The van der Waals surface area contributed by atoms with E-state index in [4.69, 9.17) is 9.97 Å². The van der Waals surface area contributed by atoms with Crippen LogP contribution >= 0.6 is 0 Å². The van der Waals surface area contributed by atoms with E-state index >= 15 is 0 Å². The van der Waals surface area contributed by atoms with Crippen LogP contribution in [0.25, 0.3) is 233 Å². The summed E-state index contributed by atoms with van der Waals surface area (Å²) in [5.74, 6) is 0.539. The minimum atomic E-state index is 0.537. The summed E-state index contributed by atoms with van der Waals surface area (Å²) in [4.78, 5) is 11.4. The fourth-order valence-corrected chi connectivity index (χ4v) is 19.0. The van der Waals surface area contributed by atoms with Gasteiger partial charge in [-0.3, -0.25) is 0 Å². The molecular weight excluding hydrogens is 1430 g/mol. The van der Waals surface area contributed by atoms with E-state index in [2.05, 4.69) is 407 Å². The molecule has 0 radical (unpaired) electrons. The zero-order valence-corrected chi connectivity index (χ0v) is 63.8. The quantitative estimate of drug-likeness (QED) is 0.122. The highest BCUT2D eigenvalue weighted by Gasteiger charge is 2.31. The van der Waals surface area contributed by atoms with Gasteiger partial charge in [0.1, 0.15) is 0 Å². The molecule has 546 valence electrons. The molecule has 5 heterocycles. The van der Waals surface area contributed by atoms with Crippen molar-refractivity contribution >= 4 is 98.0 Å². The van der Waals surface area contributed by atoms with Crippen molar-refractivity contribution in [3.63, 3.8) is 0 Å². The van der Waals surface area contributed by atoms with Gasteiger partial charge in [0, 0.05) is 88.1 Å². The molecule has 7 nitrogen and oxygen atoms in total. The monoisotopic (exact) mass is 1500 g/mol. The van der Waals surface area contributed by atoms with Gasteiger partial charge in [0.15, 0.2) is 5.82 Å². The van der Waals surface area contributed by atoms with Crippen LogP contribution in [-0.4, -0.2) is 28.2 Å². The molecule has 118 heavy (non-hydrogen) atoms. The molecule has 0 atom stereocenters. The number of nitriles is 1. The topological polar surface area (TPSA) is 69.3 Å². The summed E-state index contributed by atoms with van der Waals surface area (Å²) >= 11 is 0. The number of rotatable bonds is 12. The van der Waals surface area contributed by atoms with Crippen molar-refractivity contribution in [2.45, 2.75) is 0 Å². The van der Waals surface area contributed by atoms with Crippen molar-refractivity contribution in [3.05, 3.63) is 412 Å². The van der Waals surface area contributed by atoms with Gasteiger partial charge in [0.2, 0.25) is 0 Å². The van der Waals surface area contributed by atoms with Crippen LogP contribution in [0.3, 0.4) is 0 Å². The average Bonchev–Trinajstić information content (AvgIpc) is 1.62. The maximum Gasteiger partial charge on any atom is 0.160 e. The lowest BCUT2D eigenvalue weighted by molar-refractivity contribution is 1.13. The van der Waals surface area contributed by atoms with Crippen LogP contribution in [0.4, 0.5) is 0 Å². The van der Waals surface area contributed by atoms with E-state index in [0.717, 1.165) is 183 Å². The Balaban J connectivity index is 0.760. The van der Waals surface area contributed by atoms with Crippen molar-refractivity contribution in [2.24, 2.45) is 0 Å². The van der Waals surface area contributed by atoms with Crippen LogP contribution in [0.15, 0.2) is 406 Å². The van der Waals surface area contributed by atoms with Crippen LogP contribution in [0.1, 0.15) is 5.56 Å². The van der Waals surface area contributed by atoms with Crippen LogP contribution in [0.5, 0.6) is 0 Å². The van der Waals surface area contributed by atoms with Crippen LogP contribution in [0, 0.1) is 11.3 Å². The smallest absolute Gasteiger partial charge is 0.160 e. The highest BCUT2D eigenvalue weighted by Crippen LogP contribution is 2.52. The lowest BCUT2D eigenvalue weighted by atomic mass is 9.98.